The molecular weight excluding hydrogens is 258 g/mol. The van der Waals surface area contributed by atoms with Gasteiger partial charge in [0, 0.05) is 23.0 Å². The smallest absolute Gasteiger partial charge is 0.200 e. The maximum absolute atomic E-state index is 11.9. The molecule has 92 valence electrons. The number of sulfone groups is 1. The molecule has 0 saturated heterocycles. The van der Waals surface area contributed by atoms with Crippen LogP contribution < -0.4 is 5.32 Å². The van der Waals surface area contributed by atoms with E-state index in [2.05, 4.69) is 5.32 Å². The van der Waals surface area contributed by atoms with Crippen LogP contribution >= 0.6 is 11.6 Å². The summed E-state index contributed by atoms with van der Waals surface area (Å²) in [5, 5.41) is 4.98. The summed E-state index contributed by atoms with van der Waals surface area (Å²) in [7, 11) is -3.31. The third-order valence-electron chi connectivity index (χ3n) is 2.59. The number of hydrogen-bond acceptors (Lipinski definition) is 3. The Balaban J connectivity index is 2.40. The van der Waals surface area contributed by atoms with Gasteiger partial charge in [-0.15, -0.1) is 0 Å². The standard InChI is InChI=1S/C12H14ClNO2S/c1-8(2)14-6-9-7-17(15,16)12-5-10(13)3-4-11(9)12/h3-5,7-8,14H,6H2,1-2H3. The largest absolute Gasteiger partial charge is 0.310 e. The van der Waals surface area contributed by atoms with Gasteiger partial charge in [0.2, 0.25) is 9.84 Å². The minimum absolute atomic E-state index is 0.311. The van der Waals surface area contributed by atoms with E-state index in [1.807, 2.05) is 13.8 Å². The molecule has 0 bridgehead atoms. The summed E-state index contributed by atoms with van der Waals surface area (Å²) in [6, 6.07) is 5.29. The van der Waals surface area contributed by atoms with Crippen LogP contribution in [0.2, 0.25) is 5.02 Å². The quantitative estimate of drug-likeness (QED) is 0.919. The SMILES string of the molecule is CC(C)NCC1=CS(=O)(=O)c2cc(Cl)ccc21. The maximum atomic E-state index is 11.9. The van der Waals surface area contributed by atoms with E-state index in [0.29, 0.717) is 22.5 Å². The minimum Gasteiger partial charge on any atom is -0.310 e. The number of nitrogens with one attached hydrogen (secondary N) is 1. The van der Waals surface area contributed by atoms with Crippen molar-refractivity contribution in [2.75, 3.05) is 6.54 Å². The van der Waals surface area contributed by atoms with Gasteiger partial charge in [0.25, 0.3) is 0 Å². The molecule has 0 amide bonds. The van der Waals surface area contributed by atoms with Crippen molar-refractivity contribution in [2.45, 2.75) is 24.8 Å². The van der Waals surface area contributed by atoms with Crippen LogP contribution in [0.3, 0.4) is 0 Å². The van der Waals surface area contributed by atoms with Crippen LogP contribution in [0.4, 0.5) is 0 Å². The lowest BCUT2D eigenvalue weighted by atomic mass is 10.1. The summed E-state index contributed by atoms with van der Waals surface area (Å²) < 4.78 is 23.8. The molecule has 2 rings (SSSR count). The summed E-state index contributed by atoms with van der Waals surface area (Å²) in [6.45, 7) is 4.59. The van der Waals surface area contributed by atoms with Crippen molar-refractivity contribution in [3.8, 4) is 0 Å². The lowest BCUT2D eigenvalue weighted by Crippen LogP contribution is -2.24. The topological polar surface area (TPSA) is 46.2 Å². The lowest BCUT2D eigenvalue weighted by Gasteiger charge is -2.09. The van der Waals surface area contributed by atoms with Crippen LogP contribution in [0.15, 0.2) is 28.5 Å². The Morgan fingerprint density at radius 1 is 1.35 bits per heavy atom. The molecule has 0 atom stereocenters. The van der Waals surface area contributed by atoms with Gasteiger partial charge >= 0.3 is 0 Å². The maximum Gasteiger partial charge on any atom is 0.200 e. The summed E-state index contributed by atoms with van der Waals surface area (Å²) in [4.78, 5) is 0.311. The van der Waals surface area contributed by atoms with E-state index in [4.69, 9.17) is 11.6 Å². The molecule has 17 heavy (non-hydrogen) atoms. The second kappa shape index (κ2) is 4.44. The second-order valence-corrected chi connectivity index (χ2v) is 6.57. The number of halogens is 1. The van der Waals surface area contributed by atoms with Crippen LogP contribution in [-0.2, 0) is 9.84 Å². The van der Waals surface area contributed by atoms with Gasteiger partial charge in [-0.2, -0.15) is 0 Å². The first kappa shape index (κ1) is 12.6. The molecule has 1 aliphatic rings. The molecule has 0 unspecified atom stereocenters. The summed E-state index contributed by atoms with van der Waals surface area (Å²) in [5.41, 5.74) is 1.55. The van der Waals surface area contributed by atoms with E-state index < -0.39 is 9.84 Å². The zero-order valence-corrected chi connectivity index (χ0v) is 11.3. The molecule has 0 spiro atoms. The van der Waals surface area contributed by atoms with Gasteiger partial charge in [0.1, 0.15) is 0 Å². The van der Waals surface area contributed by atoms with E-state index >= 15 is 0 Å². The van der Waals surface area contributed by atoms with Crippen LogP contribution in [0.1, 0.15) is 19.4 Å². The second-order valence-electron chi connectivity index (χ2n) is 4.36. The zero-order chi connectivity index (χ0) is 12.6. The van der Waals surface area contributed by atoms with Gasteiger partial charge in [-0.25, -0.2) is 8.42 Å². The van der Waals surface area contributed by atoms with Gasteiger partial charge < -0.3 is 5.32 Å². The molecule has 1 heterocycles. The fourth-order valence-corrected chi connectivity index (χ4v) is 3.51. The molecule has 1 aliphatic heterocycles. The highest BCUT2D eigenvalue weighted by Gasteiger charge is 2.26. The molecule has 0 radical (unpaired) electrons. The first-order chi connectivity index (χ1) is 7.90. The molecule has 1 aromatic rings. The highest BCUT2D eigenvalue weighted by Crippen LogP contribution is 2.34. The Kier molecular flexibility index (Phi) is 3.30. The lowest BCUT2D eigenvalue weighted by molar-refractivity contribution is 0.605. The van der Waals surface area contributed by atoms with Gasteiger partial charge in [0.15, 0.2) is 0 Å². The molecule has 0 aliphatic carbocycles. The third kappa shape index (κ3) is 2.54. The van der Waals surface area contributed by atoms with Crippen LogP contribution in [0.5, 0.6) is 0 Å². The van der Waals surface area contributed by atoms with Gasteiger partial charge in [0.05, 0.1) is 4.90 Å². The molecule has 5 heteroatoms. The Hall–Kier alpha value is -0.840. The zero-order valence-electron chi connectivity index (χ0n) is 9.70. The van der Waals surface area contributed by atoms with Crippen LogP contribution in [-0.4, -0.2) is 21.0 Å². The van der Waals surface area contributed by atoms with E-state index in [1.165, 1.54) is 11.5 Å². The van der Waals surface area contributed by atoms with Crippen LogP contribution in [0, 0.1) is 0 Å². The number of hydrogen-bond donors (Lipinski definition) is 1. The number of fused-ring (bicyclic) bond motifs is 1. The number of rotatable bonds is 3. The van der Waals surface area contributed by atoms with Crippen molar-refractivity contribution in [3.05, 3.63) is 34.2 Å². The van der Waals surface area contributed by atoms with Crippen molar-refractivity contribution >= 4 is 27.0 Å². The summed E-state index contributed by atoms with van der Waals surface area (Å²) in [6.07, 6.45) is 0. The van der Waals surface area contributed by atoms with E-state index in [0.717, 1.165) is 11.1 Å². The third-order valence-corrected chi connectivity index (χ3v) is 4.38. The fourth-order valence-electron chi connectivity index (χ4n) is 1.76. The minimum atomic E-state index is -3.31. The average Bonchev–Trinajstić information content (AvgIpc) is 2.48. The van der Waals surface area contributed by atoms with Crippen molar-refractivity contribution in [1.82, 2.24) is 5.32 Å². The van der Waals surface area contributed by atoms with Crippen molar-refractivity contribution in [3.63, 3.8) is 0 Å². The van der Waals surface area contributed by atoms with Gasteiger partial charge in [-0.3, -0.25) is 0 Å². The molecule has 0 saturated carbocycles. The first-order valence-corrected chi connectivity index (χ1v) is 7.31. The molecule has 1 aromatic carbocycles. The highest BCUT2D eigenvalue weighted by molar-refractivity contribution is 7.95. The molecule has 3 nitrogen and oxygen atoms in total. The Morgan fingerprint density at radius 3 is 2.71 bits per heavy atom. The van der Waals surface area contributed by atoms with Crippen molar-refractivity contribution < 1.29 is 8.42 Å². The van der Waals surface area contributed by atoms with E-state index in [1.54, 1.807) is 12.1 Å². The average molecular weight is 272 g/mol. The van der Waals surface area contributed by atoms with E-state index in [-0.39, 0.29) is 0 Å². The van der Waals surface area contributed by atoms with Gasteiger partial charge in [-0.1, -0.05) is 31.5 Å². The Bertz CT molecular complexity index is 576. The highest BCUT2D eigenvalue weighted by atomic mass is 35.5. The monoisotopic (exact) mass is 271 g/mol. The van der Waals surface area contributed by atoms with Crippen LogP contribution in [0.25, 0.3) is 5.57 Å². The molecule has 0 fully saturated rings. The molecule has 0 aromatic heterocycles. The van der Waals surface area contributed by atoms with Gasteiger partial charge in [-0.05, 0) is 23.3 Å². The van der Waals surface area contributed by atoms with Crippen molar-refractivity contribution in [2.24, 2.45) is 0 Å². The van der Waals surface area contributed by atoms with Crippen molar-refractivity contribution in [1.29, 1.82) is 0 Å². The summed E-state index contributed by atoms with van der Waals surface area (Å²) >= 11 is 5.82. The normalized spacial score (nSPS) is 17.1. The Morgan fingerprint density at radius 2 is 2.06 bits per heavy atom. The molecule has 1 N–H and O–H groups in total. The fraction of sp³-hybridized carbons (Fsp3) is 0.333. The number of benzene rings is 1. The van der Waals surface area contributed by atoms with E-state index in [9.17, 15) is 8.42 Å². The molecular formula is C12H14ClNO2S. The predicted octanol–water partition coefficient (Wildman–Crippen LogP) is 2.47. The Labute approximate surface area is 106 Å². The predicted molar refractivity (Wildman–Crippen MR) is 69.8 cm³/mol. The summed E-state index contributed by atoms with van der Waals surface area (Å²) in [5.74, 6) is 0. The first-order valence-electron chi connectivity index (χ1n) is 5.39.